The Morgan fingerprint density at radius 2 is 1.59 bits per heavy atom. The molecule has 1 saturated heterocycles. The molecule has 3 amide bonds. The van der Waals surface area contributed by atoms with Crippen LogP contribution in [0.2, 0.25) is 0 Å². The topological polar surface area (TPSA) is 119 Å². The van der Waals surface area contributed by atoms with Crippen LogP contribution >= 0.6 is 23.2 Å². The summed E-state index contributed by atoms with van der Waals surface area (Å²) >= 11 is 12.6. The number of carbonyl (C=O) groups excluding carboxylic acids is 5. The molecular formula is C23H24Cl2N2O7. The zero-order valence-electron chi connectivity index (χ0n) is 18.4. The maximum atomic E-state index is 12.8. The van der Waals surface area contributed by atoms with Crippen LogP contribution in [-0.2, 0) is 28.7 Å². The predicted molar refractivity (Wildman–Crippen MR) is 121 cm³/mol. The number of ether oxygens (including phenoxy) is 2. The number of nitrogens with zero attached hydrogens (tertiary/aromatic N) is 1. The third-order valence-electron chi connectivity index (χ3n) is 6.57. The third kappa shape index (κ3) is 4.51. The number of hydrogen-bond donors (Lipinski definition) is 1. The molecule has 3 fully saturated rings. The van der Waals surface area contributed by atoms with E-state index in [0.717, 1.165) is 4.90 Å². The Balaban J connectivity index is 1.25. The molecule has 2 saturated carbocycles. The van der Waals surface area contributed by atoms with Gasteiger partial charge in [0.05, 0.1) is 34.8 Å². The number of alkyl halides is 2. The van der Waals surface area contributed by atoms with Gasteiger partial charge in [-0.15, -0.1) is 23.2 Å². The molecule has 0 radical (unpaired) electrons. The molecule has 3 aliphatic rings. The fraction of sp³-hybridized carbons (Fsp3) is 0.522. The first-order valence-corrected chi connectivity index (χ1v) is 12.0. The molecular weight excluding hydrogens is 487 g/mol. The number of imide groups is 1. The first-order chi connectivity index (χ1) is 16.2. The number of esters is 2. The summed E-state index contributed by atoms with van der Waals surface area (Å²) in [6.07, 6.45) is 1.34. The molecule has 1 aromatic rings. The highest BCUT2D eigenvalue weighted by atomic mass is 35.5. The first kappa shape index (κ1) is 24.5. The lowest BCUT2D eigenvalue weighted by atomic mass is 9.80. The number of anilines is 1. The summed E-state index contributed by atoms with van der Waals surface area (Å²) in [5.74, 6) is -4.26. The second-order valence-corrected chi connectivity index (χ2v) is 9.70. The van der Waals surface area contributed by atoms with Gasteiger partial charge < -0.3 is 14.8 Å². The van der Waals surface area contributed by atoms with Crippen molar-refractivity contribution >= 4 is 58.5 Å². The lowest BCUT2D eigenvalue weighted by molar-refractivity contribution is -0.154. The van der Waals surface area contributed by atoms with Gasteiger partial charge in [-0.2, -0.15) is 0 Å². The number of likely N-dealkylation sites (tertiary alicyclic amines) is 1. The number of halogens is 2. The van der Waals surface area contributed by atoms with E-state index < -0.39 is 54.6 Å². The van der Waals surface area contributed by atoms with Crippen molar-refractivity contribution in [3.05, 3.63) is 29.8 Å². The van der Waals surface area contributed by atoms with Gasteiger partial charge in [0.25, 0.3) is 5.91 Å². The van der Waals surface area contributed by atoms with Gasteiger partial charge in [0.1, 0.15) is 6.54 Å². The van der Waals surface area contributed by atoms with Crippen molar-refractivity contribution in [1.29, 1.82) is 0 Å². The molecule has 4 rings (SSSR count). The van der Waals surface area contributed by atoms with Gasteiger partial charge in [0.15, 0.2) is 6.61 Å². The second-order valence-electron chi connectivity index (χ2n) is 8.69. The largest absolute Gasteiger partial charge is 0.462 e. The van der Waals surface area contributed by atoms with Crippen LogP contribution in [0.4, 0.5) is 5.69 Å². The number of carbonyl (C=O) groups is 5. The smallest absolute Gasteiger partial charge is 0.338 e. The molecule has 0 aromatic heterocycles. The van der Waals surface area contributed by atoms with E-state index in [1.54, 1.807) is 0 Å². The summed E-state index contributed by atoms with van der Waals surface area (Å²) in [6, 6.07) is 6.05. The van der Waals surface area contributed by atoms with Gasteiger partial charge in [0, 0.05) is 5.69 Å². The standard InChI is InChI=1S/C23H24Cl2N2O7/c1-2-7-33-23(32)11-3-5-12(6-4-11)26-15(28)10-34-16(29)9-27-21(30)17-13-8-14(18(17)22(27)31)20(25)19(13)24/h3-6,13-14,17-20H,2,7-10H2,1H3,(H,26,28)/t13-,14-,17-,18-,19+,20+/m1/s1. The van der Waals surface area contributed by atoms with E-state index in [-0.39, 0.29) is 22.6 Å². The van der Waals surface area contributed by atoms with Gasteiger partial charge in [-0.3, -0.25) is 24.1 Å². The Kier molecular flexibility index (Phi) is 7.14. The lowest BCUT2D eigenvalue weighted by Crippen LogP contribution is -2.38. The minimum Gasteiger partial charge on any atom is -0.462 e. The van der Waals surface area contributed by atoms with Crippen molar-refractivity contribution in [2.45, 2.75) is 30.5 Å². The van der Waals surface area contributed by atoms with E-state index in [1.807, 2.05) is 6.92 Å². The van der Waals surface area contributed by atoms with E-state index in [9.17, 15) is 24.0 Å². The summed E-state index contributed by atoms with van der Waals surface area (Å²) in [7, 11) is 0. The fourth-order valence-corrected chi connectivity index (χ4v) is 5.94. The number of nitrogens with one attached hydrogen (secondary N) is 1. The first-order valence-electron chi connectivity index (χ1n) is 11.1. The Labute approximate surface area is 206 Å². The van der Waals surface area contributed by atoms with E-state index in [4.69, 9.17) is 32.7 Å². The Hall–Kier alpha value is -2.65. The molecule has 1 N–H and O–H groups in total. The lowest BCUT2D eigenvalue weighted by Gasteiger charge is -2.28. The van der Waals surface area contributed by atoms with Gasteiger partial charge in [0.2, 0.25) is 11.8 Å². The van der Waals surface area contributed by atoms with Crippen molar-refractivity contribution in [3.63, 3.8) is 0 Å². The average molecular weight is 511 g/mol. The van der Waals surface area contributed by atoms with Crippen LogP contribution in [0.3, 0.4) is 0 Å². The van der Waals surface area contributed by atoms with Gasteiger partial charge in [-0.25, -0.2) is 4.79 Å². The van der Waals surface area contributed by atoms with Crippen molar-refractivity contribution in [3.8, 4) is 0 Å². The SMILES string of the molecule is CCCOC(=O)c1ccc(NC(=O)COC(=O)CN2C(=O)[C@@H]3[C@H]4C[C@@H]([C@H](Cl)[C@H]4Cl)[C@H]3C2=O)cc1. The molecule has 34 heavy (non-hydrogen) atoms. The van der Waals surface area contributed by atoms with Crippen LogP contribution in [0, 0.1) is 23.7 Å². The predicted octanol–water partition coefficient (Wildman–Crippen LogP) is 2.20. The van der Waals surface area contributed by atoms with Crippen molar-refractivity contribution in [2.75, 3.05) is 25.1 Å². The number of benzene rings is 1. The monoisotopic (exact) mass is 510 g/mol. The quantitative estimate of drug-likeness (QED) is 0.323. The van der Waals surface area contributed by atoms with Crippen LogP contribution in [0.1, 0.15) is 30.1 Å². The van der Waals surface area contributed by atoms with E-state index in [2.05, 4.69) is 5.32 Å². The Morgan fingerprint density at radius 1 is 1.00 bits per heavy atom. The van der Waals surface area contributed by atoms with Crippen molar-refractivity contribution in [2.24, 2.45) is 23.7 Å². The highest BCUT2D eigenvalue weighted by Crippen LogP contribution is 2.59. The molecule has 1 aliphatic heterocycles. The van der Waals surface area contributed by atoms with Crippen molar-refractivity contribution < 1.29 is 33.4 Å². The molecule has 1 aromatic carbocycles. The van der Waals surface area contributed by atoms with Gasteiger partial charge in [-0.05, 0) is 48.9 Å². The van der Waals surface area contributed by atoms with Crippen LogP contribution in [0.5, 0.6) is 0 Å². The number of fused-ring (bicyclic) bond motifs is 5. The molecule has 182 valence electrons. The average Bonchev–Trinajstić information content (AvgIpc) is 3.43. The second kappa shape index (κ2) is 9.92. The van der Waals surface area contributed by atoms with Crippen LogP contribution in [0.25, 0.3) is 0 Å². The van der Waals surface area contributed by atoms with Gasteiger partial charge in [-0.1, -0.05) is 6.92 Å². The zero-order valence-corrected chi connectivity index (χ0v) is 19.9. The molecule has 2 aliphatic carbocycles. The summed E-state index contributed by atoms with van der Waals surface area (Å²) < 4.78 is 9.98. The van der Waals surface area contributed by atoms with Crippen LogP contribution in [-0.4, -0.2) is 65.1 Å². The third-order valence-corrected chi connectivity index (χ3v) is 7.89. The van der Waals surface area contributed by atoms with E-state index in [1.165, 1.54) is 24.3 Å². The van der Waals surface area contributed by atoms with Crippen molar-refractivity contribution in [1.82, 2.24) is 4.90 Å². The normalized spacial score (nSPS) is 29.2. The maximum absolute atomic E-state index is 12.8. The highest BCUT2D eigenvalue weighted by molar-refractivity contribution is 6.31. The van der Waals surface area contributed by atoms with E-state index >= 15 is 0 Å². The minimum absolute atomic E-state index is 0.178. The molecule has 1 heterocycles. The Bertz CT molecular complexity index is 983. The molecule has 0 unspecified atom stereocenters. The number of amides is 3. The van der Waals surface area contributed by atoms with Gasteiger partial charge >= 0.3 is 11.9 Å². The fourth-order valence-electron chi connectivity index (χ4n) is 5.05. The molecule has 6 atom stereocenters. The number of hydrogen-bond acceptors (Lipinski definition) is 7. The molecule has 0 spiro atoms. The maximum Gasteiger partial charge on any atom is 0.338 e. The Morgan fingerprint density at radius 3 is 2.15 bits per heavy atom. The highest BCUT2D eigenvalue weighted by Gasteiger charge is 2.66. The zero-order chi connectivity index (χ0) is 24.6. The molecule has 9 nitrogen and oxygen atoms in total. The van der Waals surface area contributed by atoms with Crippen LogP contribution in [0.15, 0.2) is 24.3 Å². The van der Waals surface area contributed by atoms with E-state index in [0.29, 0.717) is 30.7 Å². The summed E-state index contributed by atoms with van der Waals surface area (Å²) in [5.41, 5.74) is 0.740. The molecule has 2 bridgehead atoms. The number of rotatable bonds is 8. The van der Waals surface area contributed by atoms with Crippen LogP contribution < -0.4 is 5.32 Å². The minimum atomic E-state index is -0.872. The summed E-state index contributed by atoms with van der Waals surface area (Å²) in [5, 5.41) is 1.78. The summed E-state index contributed by atoms with van der Waals surface area (Å²) in [6.45, 7) is 1.05. The molecule has 11 heteroatoms. The summed E-state index contributed by atoms with van der Waals surface area (Å²) in [4.78, 5) is 62.6.